The lowest BCUT2D eigenvalue weighted by atomic mass is 10.2. The van der Waals surface area contributed by atoms with Gasteiger partial charge in [0.05, 0.1) is 0 Å². The van der Waals surface area contributed by atoms with Gasteiger partial charge in [-0.2, -0.15) is 0 Å². The minimum absolute atomic E-state index is 0.174. The number of carbonyl (C=O) groups excluding carboxylic acids is 1. The molecule has 4 heteroatoms. The van der Waals surface area contributed by atoms with E-state index in [9.17, 15) is 4.79 Å². The van der Waals surface area contributed by atoms with Crippen LogP contribution < -0.4 is 5.32 Å². The van der Waals surface area contributed by atoms with Crippen molar-refractivity contribution < 1.29 is 4.79 Å². The molecule has 0 saturated carbocycles. The lowest BCUT2D eigenvalue weighted by molar-refractivity contribution is -0.115. The zero-order valence-electron chi connectivity index (χ0n) is 10.5. The normalized spacial score (nSPS) is 16.1. The Hall–Kier alpha value is -2.20. The molecule has 0 bridgehead atoms. The molecule has 20 heavy (non-hydrogen) atoms. The largest absolute Gasteiger partial charge is 0.305 e. The number of halogens is 1. The number of nitrogens with one attached hydrogen (secondary N) is 1. The van der Waals surface area contributed by atoms with Gasteiger partial charge in [0.2, 0.25) is 0 Å². The first kappa shape index (κ1) is 12.8. The van der Waals surface area contributed by atoms with Crippen LogP contribution in [0.2, 0.25) is 0 Å². The van der Waals surface area contributed by atoms with Gasteiger partial charge in [0.25, 0.3) is 5.91 Å². The Morgan fingerprint density at radius 1 is 1.00 bits per heavy atom. The monoisotopic (exact) mass is 326 g/mol. The van der Waals surface area contributed by atoms with Crippen molar-refractivity contribution in [3.63, 3.8) is 0 Å². The molecule has 0 saturated heterocycles. The molecule has 2 aromatic rings. The molecule has 1 aliphatic rings. The molecule has 1 heterocycles. The molecule has 0 atom stereocenters. The number of amidine groups is 1. The molecule has 0 radical (unpaired) electrons. The van der Waals surface area contributed by atoms with Gasteiger partial charge < -0.3 is 5.32 Å². The van der Waals surface area contributed by atoms with Gasteiger partial charge in [0.1, 0.15) is 11.5 Å². The Labute approximate surface area is 125 Å². The van der Waals surface area contributed by atoms with Crippen LogP contribution in [0, 0.1) is 0 Å². The van der Waals surface area contributed by atoms with Crippen LogP contribution >= 0.6 is 15.9 Å². The molecular formula is C16H11BrN2O. The third-order valence-electron chi connectivity index (χ3n) is 2.92. The average molecular weight is 327 g/mol. The average Bonchev–Trinajstić information content (AvgIpc) is 2.82. The summed E-state index contributed by atoms with van der Waals surface area (Å²) in [5, 5.41) is 2.79. The smallest absolute Gasteiger partial charge is 0.275 e. The summed E-state index contributed by atoms with van der Waals surface area (Å²) in [5.41, 5.74) is 2.27. The summed E-state index contributed by atoms with van der Waals surface area (Å²) in [6.07, 6.45) is 1.78. The summed E-state index contributed by atoms with van der Waals surface area (Å²) in [6.45, 7) is 0. The van der Waals surface area contributed by atoms with E-state index in [1.54, 1.807) is 6.08 Å². The second-order valence-electron chi connectivity index (χ2n) is 4.36. The minimum atomic E-state index is -0.174. The zero-order valence-corrected chi connectivity index (χ0v) is 12.1. The highest BCUT2D eigenvalue weighted by atomic mass is 79.9. The second-order valence-corrected chi connectivity index (χ2v) is 5.28. The fourth-order valence-corrected chi connectivity index (χ4v) is 2.18. The SMILES string of the molecule is O=C1NC(c2ccc(Br)cc2)=N/C1=C\c1ccccc1. The van der Waals surface area contributed by atoms with Crippen molar-refractivity contribution in [2.75, 3.05) is 0 Å². The molecule has 0 fully saturated rings. The maximum Gasteiger partial charge on any atom is 0.275 e. The van der Waals surface area contributed by atoms with Gasteiger partial charge in [0.15, 0.2) is 0 Å². The van der Waals surface area contributed by atoms with E-state index in [4.69, 9.17) is 0 Å². The maximum atomic E-state index is 11.9. The minimum Gasteiger partial charge on any atom is -0.305 e. The van der Waals surface area contributed by atoms with Crippen molar-refractivity contribution in [2.24, 2.45) is 4.99 Å². The van der Waals surface area contributed by atoms with Crippen LogP contribution in [0.15, 0.2) is 69.8 Å². The van der Waals surface area contributed by atoms with E-state index in [1.165, 1.54) is 0 Å². The molecule has 0 aliphatic carbocycles. The molecule has 0 unspecified atom stereocenters. The van der Waals surface area contributed by atoms with E-state index in [0.717, 1.165) is 15.6 Å². The Balaban J connectivity index is 1.93. The molecule has 3 nitrogen and oxygen atoms in total. The molecule has 1 aliphatic heterocycles. The highest BCUT2D eigenvalue weighted by Crippen LogP contribution is 2.16. The lowest BCUT2D eigenvalue weighted by Gasteiger charge is -1.99. The summed E-state index contributed by atoms with van der Waals surface area (Å²) in [6, 6.07) is 17.3. The van der Waals surface area contributed by atoms with Crippen molar-refractivity contribution >= 4 is 33.7 Å². The van der Waals surface area contributed by atoms with Crippen molar-refractivity contribution in [3.8, 4) is 0 Å². The standard InChI is InChI=1S/C16H11BrN2O/c17-13-8-6-12(7-9-13)15-18-14(16(20)19-15)10-11-4-2-1-3-5-11/h1-10H,(H,18,19,20)/b14-10-. The van der Waals surface area contributed by atoms with Gasteiger partial charge in [-0.15, -0.1) is 0 Å². The van der Waals surface area contributed by atoms with Gasteiger partial charge in [-0.25, -0.2) is 4.99 Å². The summed E-state index contributed by atoms with van der Waals surface area (Å²) in [4.78, 5) is 16.3. The quantitative estimate of drug-likeness (QED) is 0.844. The predicted molar refractivity (Wildman–Crippen MR) is 83.2 cm³/mol. The second kappa shape index (κ2) is 5.43. The first-order valence-electron chi connectivity index (χ1n) is 6.15. The molecule has 0 spiro atoms. The van der Waals surface area contributed by atoms with Crippen molar-refractivity contribution in [1.29, 1.82) is 0 Å². The molecule has 1 amide bonds. The zero-order chi connectivity index (χ0) is 13.9. The van der Waals surface area contributed by atoms with Crippen LogP contribution in [0.4, 0.5) is 0 Å². The Kier molecular flexibility index (Phi) is 3.48. The highest BCUT2D eigenvalue weighted by molar-refractivity contribution is 9.10. The van der Waals surface area contributed by atoms with Gasteiger partial charge >= 0.3 is 0 Å². The number of hydrogen-bond acceptors (Lipinski definition) is 2. The van der Waals surface area contributed by atoms with Gasteiger partial charge in [-0.05, 0) is 23.8 Å². The maximum absolute atomic E-state index is 11.9. The molecule has 2 aromatic carbocycles. The molecule has 3 rings (SSSR count). The topological polar surface area (TPSA) is 41.5 Å². The number of amides is 1. The van der Waals surface area contributed by atoms with E-state index in [1.807, 2.05) is 54.6 Å². The molecule has 1 N–H and O–H groups in total. The fourth-order valence-electron chi connectivity index (χ4n) is 1.92. The van der Waals surface area contributed by atoms with Gasteiger partial charge in [-0.1, -0.05) is 58.4 Å². The third-order valence-corrected chi connectivity index (χ3v) is 3.45. The van der Waals surface area contributed by atoms with Crippen LogP contribution in [-0.4, -0.2) is 11.7 Å². The Bertz CT molecular complexity index is 703. The fraction of sp³-hybridized carbons (Fsp3) is 0. The summed E-state index contributed by atoms with van der Waals surface area (Å²) in [5.74, 6) is 0.413. The number of hydrogen-bond donors (Lipinski definition) is 1. The van der Waals surface area contributed by atoms with Crippen LogP contribution in [-0.2, 0) is 4.79 Å². The summed E-state index contributed by atoms with van der Waals surface area (Å²) < 4.78 is 0.992. The van der Waals surface area contributed by atoms with Crippen LogP contribution in [0.25, 0.3) is 6.08 Å². The number of nitrogens with zero attached hydrogens (tertiary/aromatic N) is 1. The van der Waals surface area contributed by atoms with Gasteiger partial charge in [0, 0.05) is 10.0 Å². The van der Waals surface area contributed by atoms with Crippen LogP contribution in [0.5, 0.6) is 0 Å². The number of benzene rings is 2. The van der Waals surface area contributed by atoms with E-state index >= 15 is 0 Å². The summed E-state index contributed by atoms with van der Waals surface area (Å²) >= 11 is 3.38. The predicted octanol–water partition coefficient (Wildman–Crippen LogP) is 3.37. The van der Waals surface area contributed by atoms with Crippen molar-refractivity contribution in [2.45, 2.75) is 0 Å². The van der Waals surface area contributed by atoms with E-state index in [-0.39, 0.29) is 5.91 Å². The highest BCUT2D eigenvalue weighted by Gasteiger charge is 2.20. The van der Waals surface area contributed by atoms with Crippen molar-refractivity contribution in [1.82, 2.24) is 5.32 Å². The third kappa shape index (κ3) is 2.70. The number of aliphatic imine (C=N–C) groups is 1. The van der Waals surface area contributed by atoms with E-state index < -0.39 is 0 Å². The van der Waals surface area contributed by atoms with Gasteiger partial charge in [-0.3, -0.25) is 4.79 Å². The lowest BCUT2D eigenvalue weighted by Crippen LogP contribution is -2.24. The number of rotatable bonds is 2. The summed E-state index contributed by atoms with van der Waals surface area (Å²) in [7, 11) is 0. The van der Waals surface area contributed by atoms with Crippen molar-refractivity contribution in [3.05, 3.63) is 75.9 Å². The first-order chi connectivity index (χ1) is 9.72. The first-order valence-corrected chi connectivity index (χ1v) is 6.94. The molecular weight excluding hydrogens is 316 g/mol. The molecule has 98 valence electrons. The van der Waals surface area contributed by atoms with E-state index in [0.29, 0.717) is 11.5 Å². The Morgan fingerprint density at radius 3 is 2.40 bits per heavy atom. The van der Waals surface area contributed by atoms with E-state index in [2.05, 4.69) is 26.2 Å². The number of carbonyl (C=O) groups is 1. The Morgan fingerprint density at radius 2 is 1.70 bits per heavy atom. The van der Waals surface area contributed by atoms with Crippen LogP contribution in [0.3, 0.4) is 0 Å². The molecule has 0 aromatic heterocycles. The van der Waals surface area contributed by atoms with Crippen LogP contribution in [0.1, 0.15) is 11.1 Å².